The van der Waals surface area contributed by atoms with E-state index in [1.807, 2.05) is 35.7 Å². The van der Waals surface area contributed by atoms with E-state index >= 15 is 0 Å². The Morgan fingerprint density at radius 1 is 0.947 bits per heavy atom. The molecular formula is C29H38N2O6S. The second kappa shape index (κ2) is 16.9. The fraction of sp³-hybridized carbons (Fsp3) is 0.414. The van der Waals surface area contributed by atoms with Crippen LogP contribution in [-0.2, 0) is 22.7 Å². The van der Waals surface area contributed by atoms with E-state index in [0.717, 1.165) is 43.5 Å². The number of anilines is 1. The van der Waals surface area contributed by atoms with Gasteiger partial charge in [-0.2, -0.15) is 0 Å². The van der Waals surface area contributed by atoms with Crippen molar-refractivity contribution in [2.75, 3.05) is 38.2 Å². The molecule has 3 aromatic rings. The molecule has 2 aromatic carbocycles. The summed E-state index contributed by atoms with van der Waals surface area (Å²) in [5.41, 5.74) is 2.83. The summed E-state index contributed by atoms with van der Waals surface area (Å²) in [5.74, 6) is -0.0720. The zero-order valence-corrected chi connectivity index (χ0v) is 22.4. The van der Waals surface area contributed by atoms with Crippen molar-refractivity contribution in [2.45, 2.75) is 45.0 Å². The molecule has 0 saturated heterocycles. The Morgan fingerprint density at radius 2 is 1.79 bits per heavy atom. The zero-order chi connectivity index (χ0) is 27.0. The molecule has 0 aliphatic rings. The Morgan fingerprint density at radius 3 is 2.61 bits per heavy atom. The number of carbonyl (C=O) groups excluding carboxylic acids is 1. The molecule has 0 spiro atoms. The zero-order valence-electron chi connectivity index (χ0n) is 21.6. The van der Waals surface area contributed by atoms with Crippen molar-refractivity contribution < 1.29 is 29.6 Å². The summed E-state index contributed by atoms with van der Waals surface area (Å²) in [6.45, 7) is 3.20. The molecule has 9 heteroatoms. The smallest absolute Gasteiger partial charge is 0.265 e. The maximum Gasteiger partial charge on any atom is 0.265 e. The molecule has 0 fully saturated rings. The number of benzene rings is 2. The number of carbonyl (C=O) groups is 1. The topological polar surface area (TPSA) is 120 Å². The number of rotatable bonds is 18. The number of aliphatic hydroxyl groups is 2. The summed E-state index contributed by atoms with van der Waals surface area (Å²) in [4.78, 5) is 12.9. The van der Waals surface area contributed by atoms with E-state index in [9.17, 15) is 20.1 Å². The third kappa shape index (κ3) is 10.5. The lowest BCUT2D eigenvalue weighted by atomic mass is 10.1. The highest BCUT2D eigenvalue weighted by atomic mass is 32.1. The summed E-state index contributed by atoms with van der Waals surface area (Å²) in [7, 11) is 0. The van der Waals surface area contributed by atoms with Crippen LogP contribution in [0.3, 0.4) is 0 Å². The minimum absolute atomic E-state index is 0.0344. The lowest BCUT2D eigenvalue weighted by Gasteiger charge is -2.14. The van der Waals surface area contributed by atoms with Crippen LogP contribution in [-0.4, -0.2) is 54.1 Å². The standard InChI is InChI=1S/C29H38N2O6S/c32-20-24-18-23(10-11-26(24)33)27(34)19-30-12-3-1-2-4-13-36-14-15-37-21-22-7-5-8-25(17-22)31-29(35)28-9-6-16-38-28/h5-11,16-18,27,30,32-34H,1-4,12-15,19-21H2,(H,31,35). The molecule has 38 heavy (non-hydrogen) atoms. The van der Waals surface area contributed by atoms with Crippen LogP contribution in [0.2, 0.25) is 0 Å². The number of aliphatic hydroxyl groups excluding tert-OH is 2. The lowest BCUT2D eigenvalue weighted by Crippen LogP contribution is -2.22. The van der Waals surface area contributed by atoms with Gasteiger partial charge in [-0.25, -0.2) is 0 Å². The van der Waals surface area contributed by atoms with Gasteiger partial charge in [0.15, 0.2) is 0 Å². The van der Waals surface area contributed by atoms with Crippen LogP contribution in [0.1, 0.15) is 58.1 Å². The summed E-state index contributed by atoms with van der Waals surface area (Å²) >= 11 is 1.41. The van der Waals surface area contributed by atoms with Crippen LogP contribution in [0, 0.1) is 0 Å². The van der Waals surface area contributed by atoms with Gasteiger partial charge in [-0.15, -0.1) is 11.3 Å². The van der Waals surface area contributed by atoms with Crippen molar-refractivity contribution in [3.63, 3.8) is 0 Å². The maximum atomic E-state index is 12.2. The Kier molecular flexibility index (Phi) is 13.3. The van der Waals surface area contributed by atoms with Gasteiger partial charge in [0.1, 0.15) is 5.75 Å². The number of aromatic hydroxyl groups is 1. The highest BCUT2D eigenvalue weighted by Gasteiger charge is 2.10. The van der Waals surface area contributed by atoms with E-state index in [2.05, 4.69) is 10.6 Å². The number of hydrogen-bond acceptors (Lipinski definition) is 8. The first kappa shape index (κ1) is 29.8. The Bertz CT molecular complexity index is 1090. The van der Waals surface area contributed by atoms with Crippen LogP contribution < -0.4 is 10.6 Å². The summed E-state index contributed by atoms with van der Waals surface area (Å²) in [6.07, 6.45) is 3.48. The normalized spacial score (nSPS) is 11.9. The monoisotopic (exact) mass is 542 g/mol. The number of thiophene rings is 1. The van der Waals surface area contributed by atoms with Gasteiger partial charge in [-0.05, 0) is 66.2 Å². The Labute approximate surface area is 228 Å². The van der Waals surface area contributed by atoms with E-state index in [0.29, 0.717) is 49.0 Å². The second-order valence-electron chi connectivity index (χ2n) is 8.98. The molecule has 1 amide bonds. The van der Waals surface area contributed by atoms with Crippen molar-refractivity contribution in [1.29, 1.82) is 0 Å². The predicted molar refractivity (Wildman–Crippen MR) is 150 cm³/mol. The molecule has 0 aliphatic heterocycles. The van der Waals surface area contributed by atoms with Gasteiger partial charge in [0.25, 0.3) is 5.91 Å². The maximum absolute atomic E-state index is 12.2. The molecule has 1 heterocycles. The van der Waals surface area contributed by atoms with Crippen LogP contribution in [0.25, 0.3) is 0 Å². The molecule has 206 valence electrons. The van der Waals surface area contributed by atoms with Crippen LogP contribution in [0.15, 0.2) is 60.0 Å². The number of unbranched alkanes of at least 4 members (excludes halogenated alkanes) is 3. The number of ether oxygens (including phenoxy) is 2. The predicted octanol–water partition coefficient (Wildman–Crippen LogP) is 4.62. The Balaban J connectivity index is 1.15. The fourth-order valence-corrected chi connectivity index (χ4v) is 4.47. The second-order valence-corrected chi connectivity index (χ2v) is 9.92. The molecular weight excluding hydrogens is 504 g/mol. The van der Waals surface area contributed by atoms with Gasteiger partial charge in [0, 0.05) is 24.4 Å². The third-order valence-corrected chi connectivity index (χ3v) is 6.83. The molecule has 1 unspecified atom stereocenters. The highest BCUT2D eigenvalue weighted by Crippen LogP contribution is 2.22. The first-order chi connectivity index (χ1) is 18.6. The van der Waals surface area contributed by atoms with Crippen LogP contribution in [0.5, 0.6) is 5.75 Å². The van der Waals surface area contributed by atoms with Crippen molar-refractivity contribution in [3.8, 4) is 5.75 Å². The summed E-state index contributed by atoms with van der Waals surface area (Å²) in [6, 6.07) is 16.1. The fourth-order valence-electron chi connectivity index (χ4n) is 3.85. The number of amides is 1. The average molecular weight is 543 g/mol. The van der Waals surface area contributed by atoms with Crippen molar-refractivity contribution in [3.05, 3.63) is 81.5 Å². The molecule has 0 bridgehead atoms. The lowest BCUT2D eigenvalue weighted by molar-refractivity contribution is 0.0393. The number of nitrogens with one attached hydrogen (secondary N) is 2. The number of phenols is 1. The molecule has 0 saturated carbocycles. The molecule has 8 nitrogen and oxygen atoms in total. The van der Waals surface area contributed by atoms with E-state index in [1.165, 1.54) is 17.4 Å². The van der Waals surface area contributed by atoms with Gasteiger partial charge in [0.05, 0.1) is 37.4 Å². The minimum atomic E-state index is -0.683. The Hall–Kier alpha value is -2.79. The van der Waals surface area contributed by atoms with Crippen LogP contribution >= 0.6 is 11.3 Å². The minimum Gasteiger partial charge on any atom is -0.508 e. The average Bonchev–Trinajstić information content (AvgIpc) is 3.47. The van der Waals surface area contributed by atoms with Crippen molar-refractivity contribution in [2.24, 2.45) is 0 Å². The van der Waals surface area contributed by atoms with Crippen LogP contribution in [0.4, 0.5) is 5.69 Å². The quantitative estimate of drug-likeness (QED) is 0.149. The van der Waals surface area contributed by atoms with Crippen molar-refractivity contribution in [1.82, 2.24) is 5.32 Å². The molecule has 1 atom stereocenters. The van der Waals surface area contributed by atoms with Crippen molar-refractivity contribution >= 4 is 22.9 Å². The summed E-state index contributed by atoms with van der Waals surface area (Å²) < 4.78 is 11.4. The molecule has 0 aliphatic carbocycles. The third-order valence-electron chi connectivity index (χ3n) is 5.96. The number of hydrogen-bond donors (Lipinski definition) is 5. The molecule has 3 rings (SSSR count). The van der Waals surface area contributed by atoms with E-state index in [4.69, 9.17) is 9.47 Å². The van der Waals surface area contributed by atoms with Gasteiger partial charge >= 0.3 is 0 Å². The summed E-state index contributed by atoms with van der Waals surface area (Å²) in [5, 5.41) is 37.2. The first-order valence-corrected chi connectivity index (χ1v) is 13.9. The largest absolute Gasteiger partial charge is 0.508 e. The molecule has 1 aromatic heterocycles. The highest BCUT2D eigenvalue weighted by molar-refractivity contribution is 7.12. The van der Waals surface area contributed by atoms with Gasteiger partial charge < -0.3 is 35.4 Å². The van der Waals surface area contributed by atoms with Gasteiger partial charge in [-0.3, -0.25) is 4.79 Å². The molecule has 0 radical (unpaired) electrons. The van der Waals surface area contributed by atoms with Gasteiger partial charge in [-0.1, -0.05) is 37.1 Å². The van der Waals surface area contributed by atoms with E-state index in [1.54, 1.807) is 18.2 Å². The van der Waals surface area contributed by atoms with Gasteiger partial charge in [0.2, 0.25) is 0 Å². The first-order valence-electron chi connectivity index (χ1n) is 13.0. The van der Waals surface area contributed by atoms with E-state index < -0.39 is 6.10 Å². The SMILES string of the molecule is O=C(Nc1cccc(COCCOCCCCCCNCC(O)c2ccc(O)c(CO)c2)c1)c1cccs1. The molecule has 5 N–H and O–H groups in total. The van der Waals surface area contributed by atoms with E-state index in [-0.39, 0.29) is 18.3 Å².